The minimum absolute atomic E-state index is 0.0816. The number of ether oxygens (including phenoxy) is 1. The number of hydrogen-bond donors (Lipinski definition) is 1. The van der Waals surface area contributed by atoms with Gasteiger partial charge in [0.1, 0.15) is 11.5 Å². The van der Waals surface area contributed by atoms with E-state index in [1.807, 2.05) is 0 Å². The van der Waals surface area contributed by atoms with Crippen molar-refractivity contribution in [2.75, 3.05) is 12.4 Å². The Morgan fingerprint density at radius 1 is 1.25 bits per heavy atom. The molecule has 0 saturated heterocycles. The van der Waals surface area contributed by atoms with Crippen LogP contribution in [0.5, 0.6) is 5.75 Å². The number of anilines is 1. The van der Waals surface area contributed by atoms with Crippen LogP contribution in [0.15, 0.2) is 12.1 Å². The van der Waals surface area contributed by atoms with E-state index in [1.54, 1.807) is 7.11 Å². The van der Waals surface area contributed by atoms with E-state index in [0.717, 1.165) is 50.0 Å². The number of carbonyl (C=O) groups is 2. The van der Waals surface area contributed by atoms with Crippen molar-refractivity contribution < 1.29 is 14.3 Å². The van der Waals surface area contributed by atoms with Crippen molar-refractivity contribution >= 4 is 17.9 Å². The van der Waals surface area contributed by atoms with Crippen LogP contribution in [0.25, 0.3) is 0 Å². The zero-order valence-electron chi connectivity index (χ0n) is 14.4. The molecular formula is C20H25NO3. The first-order valence-electron chi connectivity index (χ1n) is 9.02. The van der Waals surface area contributed by atoms with Gasteiger partial charge in [0.2, 0.25) is 6.41 Å². The highest BCUT2D eigenvalue weighted by molar-refractivity contribution is 5.87. The first kappa shape index (κ1) is 15.7. The molecule has 0 spiro atoms. The third-order valence-corrected chi connectivity index (χ3v) is 6.97. The van der Waals surface area contributed by atoms with Gasteiger partial charge in [-0.2, -0.15) is 0 Å². The third kappa shape index (κ3) is 2.11. The molecule has 0 aromatic heterocycles. The van der Waals surface area contributed by atoms with Crippen LogP contribution in [0, 0.1) is 17.3 Å². The molecule has 3 aliphatic rings. The minimum atomic E-state index is -0.0816. The lowest BCUT2D eigenvalue weighted by atomic mass is 9.55. The number of fused-ring (bicyclic) bond motifs is 5. The number of nitrogens with one attached hydrogen (secondary N) is 1. The zero-order valence-corrected chi connectivity index (χ0v) is 14.4. The Morgan fingerprint density at radius 3 is 2.83 bits per heavy atom. The SMILES string of the molecule is COc1cc2c(cc1NC=O)CCC1C2CCC2(C)C(=O)CCC12. The molecule has 4 unspecified atom stereocenters. The van der Waals surface area contributed by atoms with E-state index >= 15 is 0 Å². The van der Waals surface area contributed by atoms with E-state index in [1.165, 1.54) is 11.1 Å². The van der Waals surface area contributed by atoms with E-state index in [-0.39, 0.29) is 5.41 Å². The van der Waals surface area contributed by atoms with Crippen molar-refractivity contribution in [2.45, 2.75) is 51.4 Å². The van der Waals surface area contributed by atoms with E-state index < -0.39 is 0 Å². The molecule has 4 atom stereocenters. The average Bonchev–Trinajstić information content (AvgIpc) is 2.89. The van der Waals surface area contributed by atoms with Gasteiger partial charge < -0.3 is 10.1 Å². The minimum Gasteiger partial charge on any atom is -0.495 e. The molecule has 128 valence electrons. The Morgan fingerprint density at radius 2 is 2.08 bits per heavy atom. The lowest BCUT2D eigenvalue weighted by Gasteiger charge is -2.48. The van der Waals surface area contributed by atoms with Crippen molar-refractivity contribution in [3.8, 4) is 5.75 Å². The molecule has 0 bridgehead atoms. The Bertz CT molecular complexity index is 698. The van der Waals surface area contributed by atoms with Crippen LogP contribution in [-0.4, -0.2) is 19.3 Å². The fourth-order valence-electron chi connectivity index (χ4n) is 5.72. The highest BCUT2D eigenvalue weighted by Crippen LogP contribution is 2.59. The number of hydrogen-bond acceptors (Lipinski definition) is 3. The summed E-state index contributed by atoms with van der Waals surface area (Å²) in [7, 11) is 1.64. The summed E-state index contributed by atoms with van der Waals surface area (Å²) in [6, 6.07) is 4.20. The fraction of sp³-hybridized carbons (Fsp3) is 0.600. The number of rotatable bonds is 3. The normalized spacial score (nSPS) is 34.1. The third-order valence-electron chi connectivity index (χ3n) is 6.97. The lowest BCUT2D eigenvalue weighted by molar-refractivity contribution is -0.129. The second-order valence-corrected chi connectivity index (χ2v) is 7.85. The molecule has 0 heterocycles. The Hall–Kier alpha value is -1.84. The fourth-order valence-corrected chi connectivity index (χ4v) is 5.72. The second kappa shape index (κ2) is 5.61. The molecule has 24 heavy (non-hydrogen) atoms. The van der Waals surface area contributed by atoms with Gasteiger partial charge in [-0.05, 0) is 73.1 Å². The topological polar surface area (TPSA) is 55.4 Å². The Labute approximate surface area is 143 Å². The number of carbonyl (C=O) groups excluding carboxylic acids is 2. The van der Waals surface area contributed by atoms with Crippen LogP contribution in [0.2, 0.25) is 0 Å². The molecule has 4 nitrogen and oxygen atoms in total. The molecule has 0 aliphatic heterocycles. The first-order valence-corrected chi connectivity index (χ1v) is 9.02. The van der Waals surface area contributed by atoms with Crippen LogP contribution in [0.3, 0.4) is 0 Å². The van der Waals surface area contributed by atoms with Crippen molar-refractivity contribution in [3.63, 3.8) is 0 Å². The number of ketones is 1. The van der Waals surface area contributed by atoms with Crippen molar-refractivity contribution in [2.24, 2.45) is 17.3 Å². The molecule has 4 rings (SSSR count). The highest BCUT2D eigenvalue weighted by Gasteiger charge is 2.54. The standard InChI is InChI=1S/C20H25NO3/c1-20-8-7-13-14(16(20)5-6-19(20)23)4-3-12-9-17(21-11-22)18(24-2)10-15(12)13/h9-11,13-14,16H,3-8H2,1-2H3,(H,21,22). The largest absolute Gasteiger partial charge is 0.495 e. The maximum absolute atomic E-state index is 12.4. The summed E-state index contributed by atoms with van der Waals surface area (Å²) < 4.78 is 5.49. The number of aryl methyl sites for hydroxylation is 1. The van der Waals surface area contributed by atoms with Crippen LogP contribution < -0.4 is 10.1 Å². The summed E-state index contributed by atoms with van der Waals surface area (Å²) in [5.74, 6) is 2.89. The zero-order chi connectivity index (χ0) is 16.9. The van der Waals surface area contributed by atoms with Gasteiger partial charge in [0, 0.05) is 11.8 Å². The number of Topliss-reactive ketones (excluding diaryl/α,β-unsaturated/α-hetero) is 1. The van der Waals surface area contributed by atoms with Crippen LogP contribution >= 0.6 is 0 Å². The van der Waals surface area contributed by atoms with Crippen LogP contribution in [-0.2, 0) is 16.0 Å². The summed E-state index contributed by atoms with van der Waals surface area (Å²) in [6.45, 7) is 2.20. The Kier molecular flexibility index (Phi) is 3.66. The number of benzene rings is 1. The second-order valence-electron chi connectivity index (χ2n) is 7.85. The van der Waals surface area contributed by atoms with Crippen LogP contribution in [0.1, 0.15) is 56.1 Å². The molecule has 4 heteroatoms. The molecule has 2 saturated carbocycles. The summed E-state index contributed by atoms with van der Waals surface area (Å²) in [6.07, 6.45) is 6.79. The molecule has 1 aromatic carbocycles. The summed E-state index contributed by atoms with van der Waals surface area (Å²) in [4.78, 5) is 23.2. The maximum atomic E-state index is 12.4. The average molecular weight is 327 g/mol. The van der Waals surface area contributed by atoms with Gasteiger partial charge in [0.15, 0.2) is 0 Å². The van der Waals surface area contributed by atoms with Gasteiger partial charge in [0.05, 0.1) is 12.8 Å². The molecule has 2 fully saturated rings. The van der Waals surface area contributed by atoms with Crippen molar-refractivity contribution in [1.82, 2.24) is 0 Å². The predicted octanol–water partition coefficient (Wildman–Crippen LogP) is 3.69. The molecular weight excluding hydrogens is 302 g/mol. The molecule has 1 amide bonds. The van der Waals surface area contributed by atoms with Gasteiger partial charge in [-0.3, -0.25) is 9.59 Å². The number of methoxy groups -OCH3 is 1. The molecule has 1 N–H and O–H groups in total. The summed E-state index contributed by atoms with van der Waals surface area (Å²) in [5, 5.41) is 2.75. The Balaban J connectivity index is 1.72. The maximum Gasteiger partial charge on any atom is 0.211 e. The highest BCUT2D eigenvalue weighted by atomic mass is 16.5. The molecule has 0 radical (unpaired) electrons. The summed E-state index contributed by atoms with van der Waals surface area (Å²) >= 11 is 0. The van der Waals surface area contributed by atoms with Gasteiger partial charge in [-0.25, -0.2) is 0 Å². The van der Waals surface area contributed by atoms with E-state index in [4.69, 9.17) is 4.74 Å². The van der Waals surface area contributed by atoms with Crippen molar-refractivity contribution in [3.05, 3.63) is 23.3 Å². The molecule has 3 aliphatic carbocycles. The van der Waals surface area contributed by atoms with Crippen molar-refractivity contribution in [1.29, 1.82) is 0 Å². The number of amides is 1. The van der Waals surface area contributed by atoms with E-state index in [9.17, 15) is 9.59 Å². The first-order chi connectivity index (χ1) is 11.6. The predicted molar refractivity (Wildman–Crippen MR) is 92.3 cm³/mol. The summed E-state index contributed by atoms with van der Waals surface area (Å²) in [5.41, 5.74) is 3.37. The van der Waals surface area contributed by atoms with E-state index in [0.29, 0.717) is 29.9 Å². The van der Waals surface area contributed by atoms with Gasteiger partial charge in [-0.15, -0.1) is 0 Å². The lowest BCUT2D eigenvalue weighted by Crippen LogP contribution is -2.42. The monoisotopic (exact) mass is 327 g/mol. The van der Waals surface area contributed by atoms with Gasteiger partial charge >= 0.3 is 0 Å². The van der Waals surface area contributed by atoms with Gasteiger partial charge in [0.25, 0.3) is 0 Å². The van der Waals surface area contributed by atoms with Crippen LogP contribution in [0.4, 0.5) is 5.69 Å². The van der Waals surface area contributed by atoms with Gasteiger partial charge in [-0.1, -0.05) is 6.92 Å². The molecule has 1 aromatic rings. The van der Waals surface area contributed by atoms with E-state index in [2.05, 4.69) is 24.4 Å². The smallest absolute Gasteiger partial charge is 0.211 e. The quantitative estimate of drug-likeness (QED) is 0.862.